The molecule has 0 bridgehead atoms. The number of nitrogens with zero attached hydrogens (tertiary/aromatic N) is 5. The number of pyridine rings is 1. The largest absolute Gasteiger partial charge is 0.327 e. The number of nitrogens with two attached hydrogens (primary N) is 1. The summed E-state index contributed by atoms with van der Waals surface area (Å²) in [4.78, 5) is 23.8. The Balaban J connectivity index is 1.27. The summed E-state index contributed by atoms with van der Waals surface area (Å²) in [6.07, 6.45) is 8.76. The number of hydrogen-bond donors (Lipinski definition) is 2. The molecule has 0 spiro atoms. The Kier molecular flexibility index (Phi) is 6.53. The lowest BCUT2D eigenvalue weighted by atomic mass is 10.0. The Morgan fingerprint density at radius 1 is 1.20 bits per heavy atom. The van der Waals surface area contributed by atoms with E-state index in [0.29, 0.717) is 16.8 Å². The minimum absolute atomic E-state index is 0.230. The van der Waals surface area contributed by atoms with Crippen molar-refractivity contribution in [3.05, 3.63) is 89.1 Å². The molecule has 3 N–H and O–H groups in total. The Labute approximate surface area is 204 Å². The number of aromatic nitrogens is 4. The minimum atomic E-state index is -0.230. The number of piperidine rings is 1. The van der Waals surface area contributed by atoms with Gasteiger partial charge >= 0.3 is 0 Å². The molecule has 1 amide bonds. The smallest absolute Gasteiger partial charge is 0.257 e. The third-order valence-electron chi connectivity index (χ3n) is 6.15. The average Bonchev–Trinajstić information content (AvgIpc) is 3.28. The number of fused-ring (bicyclic) bond motifs is 1. The summed E-state index contributed by atoms with van der Waals surface area (Å²) in [7, 11) is 0. The number of nitrogens with one attached hydrogen (secondary N) is 1. The maximum atomic E-state index is 12.9. The summed E-state index contributed by atoms with van der Waals surface area (Å²) >= 11 is 0. The summed E-state index contributed by atoms with van der Waals surface area (Å²) in [5.74, 6) is 5.87. The predicted octanol–water partition coefficient (Wildman–Crippen LogP) is 3.01. The third-order valence-corrected chi connectivity index (χ3v) is 6.15. The highest BCUT2D eigenvalue weighted by molar-refractivity contribution is 6.04. The highest BCUT2D eigenvalue weighted by Gasteiger charge is 2.17. The van der Waals surface area contributed by atoms with Crippen molar-refractivity contribution in [2.75, 3.05) is 18.4 Å². The van der Waals surface area contributed by atoms with E-state index in [9.17, 15) is 4.79 Å². The first kappa shape index (κ1) is 22.7. The molecule has 4 heterocycles. The van der Waals surface area contributed by atoms with Crippen LogP contribution in [0.1, 0.15) is 45.6 Å². The molecule has 3 aromatic heterocycles. The molecule has 0 radical (unpaired) electrons. The SMILES string of the molecule is Cc1cc(NC(=O)c2cncc(C#Cc3cnc4cccnn34)c2)ccc1CN1CCC[C@H](N)C1. The van der Waals surface area contributed by atoms with E-state index in [4.69, 9.17) is 5.73 Å². The number of benzene rings is 1. The monoisotopic (exact) mass is 465 g/mol. The lowest BCUT2D eigenvalue weighted by Crippen LogP contribution is -2.42. The molecule has 4 aromatic rings. The van der Waals surface area contributed by atoms with Crippen molar-refractivity contribution < 1.29 is 4.79 Å². The van der Waals surface area contributed by atoms with Crippen LogP contribution in [0.25, 0.3) is 5.65 Å². The second kappa shape index (κ2) is 10.1. The van der Waals surface area contributed by atoms with Gasteiger partial charge in [0, 0.05) is 49.0 Å². The van der Waals surface area contributed by atoms with Gasteiger partial charge in [0.15, 0.2) is 5.65 Å². The topological polar surface area (TPSA) is 101 Å². The Morgan fingerprint density at radius 3 is 2.97 bits per heavy atom. The standard InChI is InChI=1S/C27H27N7O/c1-19-12-24(8-7-21(19)17-33-11-3-4-23(28)18-33)32-27(35)22-13-20(14-29-15-22)6-9-25-16-30-26-5-2-10-31-34(25)26/h2,5,7-8,10,12-16,23H,3-4,11,17-18,28H2,1H3,(H,32,35)/t23-/m0/s1. The van der Waals surface area contributed by atoms with Crippen LogP contribution in [-0.2, 0) is 6.54 Å². The molecule has 1 atom stereocenters. The fraction of sp³-hybridized carbons (Fsp3) is 0.259. The molecule has 1 aromatic carbocycles. The van der Waals surface area contributed by atoms with Crippen LogP contribution >= 0.6 is 0 Å². The summed E-state index contributed by atoms with van der Waals surface area (Å²) in [5, 5.41) is 7.23. The van der Waals surface area contributed by atoms with Gasteiger partial charge in [-0.3, -0.25) is 14.7 Å². The first-order chi connectivity index (χ1) is 17.0. The molecule has 8 nitrogen and oxygen atoms in total. The molecule has 176 valence electrons. The quantitative estimate of drug-likeness (QED) is 0.450. The van der Waals surface area contributed by atoms with Gasteiger partial charge in [0.1, 0.15) is 5.69 Å². The van der Waals surface area contributed by atoms with E-state index in [1.54, 1.807) is 29.2 Å². The number of aryl methyl sites for hydroxylation is 1. The molecule has 35 heavy (non-hydrogen) atoms. The zero-order valence-electron chi connectivity index (χ0n) is 19.6. The summed E-state index contributed by atoms with van der Waals surface area (Å²) in [5.41, 5.74) is 11.7. The lowest BCUT2D eigenvalue weighted by molar-refractivity contribution is 0.102. The van der Waals surface area contributed by atoms with Gasteiger partial charge in [-0.25, -0.2) is 9.50 Å². The second-order valence-electron chi connectivity index (χ2n) is 8.88. The van der Waals surface area contributed by atoms with Crippen molar-refractivity contribution in [2.45, 2.75) is 32.4 Å². The van der Waals surface area contributed by atoms with E-state index in [1.807, 2.05) is 24.3 Å². The van der Waals surface area contributed by atoms with Crippen LogP contribution in [0.15, 0.2) is 61.2 Å². The van der Waals surface area contributed by atoms with E-state index < -0.39 is 0 Å². The second-order valence-corrected chi connectivity index (χ2v) is 8.88. The highest BCUT2D eigenvalue weighted by Crippen LogP contribution is 2.20. The number of rotatable bonds is 4. The van der Waals surface area contributed by atoms with Crippen molar-refractivity contribution >= 4 is 17.2 Å². The summed E-state index contributed by atoms with van der Waals surface area (Å²) < 4.78 is 1.67. The molecule has 1 fully saturated rings. The molecule has 5 rings (SSSR count). The molecule has 0 unspecified atom stereocenters. The molecular formula is C27H27N7O. The molecule has 0 saturated carbocycles. The zero-order valence-corrected chi connectivity index (χ0v) is 19.6. The van der Waals surface area contributed by atoms with E-state index >= 15 is 0 Å². The van der Waals surface area contributed by atoms with Crippen LogP contribution in [0.4, 0.5) is 5.69 Å². The fourth-order valence-corrected chi connectivity index (χ4v) is 4.31. The van der Waals surface area contributed by atoms with Gasteiger partial charge < -0.3 is 11.1 Å². The van der Waals surface area contributed by atoms with Crippen molar-refractivity contribution in [1.29, 1.82) is 0 Å². The maximum absolute atomic E-state index is 12.9. The van der Waals surface area contributed by atoms with Gasteiger partial charge in [-0.05, 0) is 73.7 Å². The van der Waals surface area contributed by atoms with Crippen LogP contribution in [0.5, 0.6) is 0 Å². The van der Waals surface area contributed by atoms with Crippen molar-refractivity contribution in [3.63, 3.8) is 0 Å². The fourth-order valence-electron chi connectivity index (χ4n) is 4.31. The molecular weight excluding hydrogens is 438 g/mol. The van der Waals surface area contributed by atoms with Gasteiger partial charge in [0.05, 0.1) is 11.8 Å². The highest BCUT2D eigenvalue weighted by atomic mass is 16.1. The van der Waals surface area contributed by atoms with Crippen molar-refractivity contribution in [1.82, 2.24) is 24.5 Å². The normalized spacial score (nSPS) is 16.0. The van der Waals surface area contributed by atoms with Crippen LogP contribution in [-0.4, -0.2) is 49.5 Å². The van der Waals surface area contributed by atoms with Gasteiger partial charge in [-0.2, -0.15) is 5.10 Å². The van der Waals surface area contributed by atoms with Gasteiger partial charge in [-0.15, -0.1) is 0 Å². The maximum Gasteiger partial charge on any atom is 0.257 e. The molecule has 1 aliphatic heterocycles. The van der Waals surface area contributed by atoms with Crippen molar-refractivity contribution in [3.8, 4) is 11.8 Å². The number of carbonyl (C=O) groups is 1. The molecule has 8 heteroatoms. The Bertz CT molecular complexity index is 1430. The van der Waals surface area contributed by atoms with Crippen LogP contribution < -0.4 is 11.1 Å². The number of hydrogen-bond acceptors (Lipinski definition) is 6. The Morgan fingerprint density at radius 2 is 2.11 bits per heavy atom. The molecule has 1 saturated heterocycles. The van der Waals surface area contributed by atoms with E-state index in [0.717, 1.165) is 49.4 Å². The number of carbonyl (C=O) groups excluding carboxylic acids is 1. The number of anilines is 1. The predicted molar refractivity (Wildman–Crippen MR) is 135 cm³/mol. The number of likely N-dealkylation sites (tertiary alicyclic amines) is 1. The molecule has 1 aliphatic rings. The van der Waals surface area contributed by atoms with Crippen LogP contribution in [0, 0.1) is 18.8 Å². The Hall–Kier alpha value is -4.06. The third kappa shape index (κ3) is 5.38. The van der Waals surface area contributed by atoms with E-state index in [1.165, 1.54) is 11.8 Å². The molecule has 0 aliphatic carbocycles. The van der Waals surface area contributed by atoms with Crippen LogP contribution in [0.2, 0.25) is 0 Å². The minimum Gasteiger partial charge on any atom is -0.327 e. The van der Waals surface area contributed by atoms with Gasteiger partial charge in [0.2, 0.25) is 0 Å². The van der Waals surface area contributed by atoms with Crippen molar-refractivity contribution in [2.24, 2.45) is 5.73 Å². The summed E-state index contributed by atoms with van der Waals surface area (Å²) in [6, 6.07) is 11.7. The van der Waals surface area contributed by atoms with E-state index in [2.05, 4.69) is 50.1 Å². The summed E-state index contributed by atoms with van der Waals surface area (Å²) in [6.45, 7) is 4.95. The average molecular weight is 466 g/mol. The zero-order chi connectivity index (χ0) is 24.2. The first-order valence-electron chi connectivity index (χ1n) is 11.7. The lowest BCUT2D eigenvalue weighted by Gasteiger charge is -2.31. The van der Waals surface area contributed by atoms with Gasteiger partial charge in [0.25, 0.3) is 5.91 Å². The number of amides is 1. The van der Waals surface area contributed by atoms with Gasteiger partial charge in [-0.1, -0.05) is 12.0 Å². The number of imidazole rings is 1. The van der Waals surface area contributed by atoms with E-state index in [-0.39, 0.29) is 11.9 Å². The van der Waals surface area contributed by atoms with Crippen LogP contribution in [0.3, 0.4) is 0 Å². The first-order valence-corrected chi connectivity index (χ1v) is 11.7.